The third kappa shape index (κ3) is 9.12. The molecule has 0 saturated heterocycles. The minimum absolute atomic E-state index is 0.0547. The predicted molar refractivity (Wildman–Crippen MR) is 138 cm³/mol. The van der Waals surface area contributed by atoms with Crippen LogP contribution in [-0.2, 0) is 17.6 Å². The van der Waals surface area contributed by atoms with Crippen LogP contribution in [-0.4, -0.2) is 17.6 Å². The fraction of sp³-hybridized carbons (Fsp3) is 0.600. The van der Waals surface area contributed by atoms with Gasteiger partial charge in [0.15, 0.2) is 0 Å². The van der Waals surface area contributed by atoms with Gasteiger partial charge in [-0.15, -0.1) is 0 Å². The summed E-state index contributed by atoms with van der Waals surface area (Å²) in [5.74, 6) is 2.31. The molecule has 1 fully saturated rings. The highest BCUT2D eigenvalue weighted by molar-refractivity contribution is 5.75. The lowest BCUT2D eigenvalue weighted by atomic mass is 9.80. The molecule has 186 valence electrons. The smallest absolute Gasteiger partial charge is 0.314 e. The molecule has 1 aromatic heterocycles. The Balaban J connectivity index is 1.37. The van der Waals surface area contributed by atoms with Crippen molar-refractivity contribution < 1.29 is 14.3 Å². The van der Waals surface area contributed by atoms with Gasteiger partial charge in [0.25, 0.3) is 0 Å². The van der Waals surface area contributed by atoms with E-state index in [-0.39, 0.29) is 11.9 Å². The minimum Gasteiger partial charge on any atom is -0.492 e. The van der Waals surface area contributed by atoms with Gasteiger partial charge in [0.1, 0.15) is 11.5 Å². The van der Waals surface area contributed by atoms with Crippen LogP contribution in [0.25, 0.3) is 0 Å². The number of aryl methyl sites for hydroxylation is 2. The Kier molecular flexibility index (Phi) is 11.4. The number of carbonyl (C=O) groups excluding carboxylic acids is 1. The van der Waals surface area contributed by atoms with Crippen molar-refractivity contribution in [1.82, 2.24) is 4.98 Å². The fourth-order valence-corrected chi connectivity index (χ4v) is 4.75. The summed E-state index contributed by atoms with van der Waals surface area (Å²) in [4.78, 5) is 17.1. The van der Waals surface area contributed by atoms with Gasteiger partial charge in [-0.3, -0.25) is 9.78 Å². The van der Waals surface area contributed by atoms with Gasteiger partial charge in [0, 0.05) is 5.69 Å². The lowest BCUT2D eigenvalue weighted by molar-refractivity contribution is -0.140. The van der Waals surface area contributed by atoms with E-state index in [4.69, 9.17) is 9.47 Å². The second-order valence-corrected chi connectivity index (χ2v) is 9.82. The van der Waals surface area contributed by atoms with Crippen molar-refractivity contribution in [2.24, 2.45) is 11.8 Å². The second-order valence-electron chi connectivity index (χ2n) is 9.82. The molecule has 34 heavy (non-hydrogen) atoms. The van der Waals surface area contributed by atoms with Gasteiger partial charge in [-0.25, -0.2) is 0 Å². The first kappa shape index (κ1) is 26.2. The van der Waals surface area contributed by atoms with Gasteiger partial charge in [-0.2, -0.15) is 0 Å². The number of esters is 1. The van der Waals surface area contributed by atoms with Crippen LogP contribution >= 0.6 is 0 Å². The van der Waals surface area contributed by atoms with Crippen LogP contribution in [0.2, 0.25) is 0 Å². The minimum atomic E-state index is -0.0547. The average Bonchev–Trinajstić information content (AvgIpc) is 2.87. The summed E-state index contributed by atoms with van der Waals surface area (Å²) in [6.07, 6.45) is 16.6. The third-order valence-corrected chi connectivity index (χ3v) is 7.02. The van der Waals surface area contributed by atoms with E-state index in [1.54, 1.807) is 0 Å². The summed E-state index contributed by atoms with van der Waals surface area (Å²) in [5.41, 5.74) is 2.27. The Hall–Kier alpha value is -2.36. The number of unbranched alkanes of at least 4 members (excludes halogenated alkanes) is 4. The van der Waals surface area contributed by atoms with E-state index in [0.29, 0.717) is 5.75 Å². The number of carbonyl (C=O) groups is 1. The van der Waals surface area contributed by atoms with E-state index >= 15 is 0 Å². The lowest BCUT2D eigenvalue weighted by Crippen LogP contribution is -2.25. The molecule has 0 aliphatic heterocycles. The Morgan fingerprint density at radius 1 is 0.853 bits per heavy atom. The fourth-order valence-electron chi connectivity index (χ4n) is 4.75. The van der Waals surface area contributed by atoms with Crippen LogP contribution in [0, 0.1) is 11.8 Å². The molecule has 1 heterocycles. The van der Waals surface area contributed by atoms with Crippen molar-refractivity contribution in [3.63, 3.8) is 0 Å². The molecule has 2 aromatic rings. The van der Waals surface area contributed by atoms with Gasteiger partial charge in [0.05, 0.1) is 18.7 Å². The van der Waals surface area contributed by atoms with Gasteiger partial charge >= 0.3 is 5.97 Å². The van der Waals surface area contributed by atoms with Crippen molar-refractivity contribution in [2.75, 3.05) is 6.61 Å². The molecule has 1 saturated carbocycles. The number of pyridine rings is 1. The number of ether oxygens (including phenoxy) is 2. The molecule has 1 aliphatic carbocycles. The van der Waals surface area contributed by atoms with E-state index in [0.717, 1.165) is 56.1 Å². The molecule has 0 unspecified atom stereocenters. The van der Waals surface area contributed by atoms with Crippen LogP contribution < -0.4 is 9.47 Å². The van der Waals surface area contributed by atoms with Crippen molar-refractivity contribution in [3.8, 4) is 11.5 Å². The first-order valence-corrected chi connectivity index (χ1v) is 13.6. The molecule has 0 atom stereocenters. The lowest BCUT2D eigenvalue weighted by Gasteiger charge is -2.27. The van der Waals surface area contributed by atoms with Crippen LogP contribution in [0.15, 0.2) is 42.6 Å². The van der Waals surface area contributed by atoms with Gasteiger partial charge < -0.3 is 9.47 Å². The highest BCUT2D eigenvalue weighted by atomic mass is 16.5. The first-order valence-electron chi connectivity index (χ1n) is 13.6. The summed E-state index contributed by atoms with van der Waals surface area (Å²) < 4.78 is 11.4. The van der Waals surface area contributed by atoms with Crippen LogP contribution in [0.5, 0.6) is 11.5 Å². The number of nitrogens with zero attached hydrogens (tertiary/aromatic N) is 1. The maximum Gasteiger partial charge on any atom is 0.314 e. The van der Waals surface area contributed by atoms with Crippen molar-refractivity contribution in [2.45, 2.75) is 97.3 Å². The molecule has 4 heteroatoms. The Labute approximate surface area is 206 Å². The molecule has 0 bridgehead atoms. The SMILES string of the molecule is CCCCCOc1ccc(CCc2ccc(OC(=O)C3CCC(CCCCC)CC3)cc2)nc1. The molecule has 1 aromatic carbocycles. The molecular weight excluding hydrogens is 422 g/mol. The summed E-state index contributed by atoms with van der Waals surface area (Å²) in [5, 5.41) is 0. The largest absolute Gasteiger partial charge is 0.492 e. The molecule has 0 amide bonds. The van der Waals surface area contributed by atoms with Crippen molar-refractivity contribution in [3.05, 3.63) is 53.9 Å². The number of benzene rings is 1. The van der Waals surface area contributed by atoms with Gasteiger partial charge in [-0.1, -0.05) is 64.5 Å². The topological polar surface area (TPSA) is 48.4 Å². The second kappa shape index (κ2) is 14.8. The highest BCUT2D eigenvalue weighted by Crippen LogP contribution is 2.33. The van der Waals surface area contributed by atoms with Crippen molar-refractivity contribution in [1.29, 1.82) is 0 Å². The summed E-state index contributed by atoms with van der Waals surface area (Å²) in [7, 11) is 0. The van der Waals surface area contributed by atoms with E-state index in [9.17, 15) is 4.79 Å². The monoisotopic (exact) mass is 465 g/mol. The Morgan fingerprint density at radius 3 is 2.24 bits per heavy atom. The van der Waals surface area contributed by atoms with Crippen LogP contribution in [0.4, 0.5) is 0 Å². The zero-order valence-corrected chi connectivity index (χ0v) is 21.3. The molecular formula is C30H43NO3. The number of rotatable bonds is 14. The molecule has 3 rings (SSSR count). The van der Waals surface area contributed by atoms with E-state index in [2.05, 4.69) is 31.0 Å². The summed E-state index contributed by atoms with van der Waals surface area (Å²) in [6.45, 7) is 5.20. The quantitative estimate of drug-likeness (QED) is 0.163. The predicted octanol–water partition coefficient (Wildman–Crippen LogP) is 7.73. The summed E-state index contributed by atoms with van der Waals surface area (Å²) in [6, 6.07) is 12.0. The molecule has 4 nitrogen and oxygen atoms in total. The summed E-state index contributed by atoms with van der Waals surface area (Å²) >= 11 is 0. The van der Waals surface area contributed by atoms with Gasteiger partial charge in [0.2, 0.25) is 0 Å². The maximum atomic E-state index is 12.6. The molecule has 0 spiro atoms. The first-order chi connectivity index (χ1) is 16.7. The normalized spacial score (nSPS) is 17.9. The van der Waals surface area contributed by atoms with E-state index in [1.165, 1.54) is 56.9 Å². The average molecular weight is 466 g/mol. The Morgan fingerprint density at radius 2 is 1.56 bits per heavy atom. The zero-order chi connectivity index (χ0) is 24.0. The van der Waals surface area contributed by atoms with Crippen molar-refractivity contribution >= 4 is 5.97 Å². The molecule has 0 radical (unpaired) electrons. The third-order valence-electron chi connectivity index (χ3n) is 7.02. The highest BCUT2D eigenvalue weighted by Gasteiger charge is 2.27. The number of aromatic nitrogens is 1. The van der Waals surface area contributed by atoms with Crippen LogP contribution in [0.3, 0.4) is 0 Å². The van der Waals surface area contributed by atoms with Crippen LogP contribution in [0.1, 0.15) is 95.7 Å². The number of hydrogen-bond acceptors (Lipinski definition) is 4. The van der Waals surface area contributed by atoms with E-state index in [1.807, 2.05) is 30.5 Å². The zero-order valence-electron chi connectivity index (χ0n) is 21.3. The maximum absolute atomic E-state index is 12.6. The molecule has 1 aliphatic rings. The van der Waals surface area contributed by atoms with Gasteiger partial charge in [-0.05, 0) is 80.7 Å². The standard InChI is InChI=1S/C30H43NO3/c1-3-5-7-9-24-10-15-26(16-11-24)30(32)34-28-19-13-25(14-20-28)12-17-27-18-21-29(23-31-27)33-22-8-6-4-2/h13-14,18-21,23-24,26H,3-12,15-17,22H2,1-2H3. The van der Waals surface area contributed by atoms with E-state index < -0.39 is 0 Å². The number of hydrogen-bond donors (Lipinski definition) is 0. The Bertz CT molecular complexity index is 823. The molecule has 0 N–H and O–H groups in total.